The molecular formula is C24H21N5OS. The Bertz CT molecular complexity index is 1180. The van der Waals surface area contributed by atoms with Gasteiger partial charge in [-0.1, -0.05) is 12.1 Å². The summed E-state index contributed by atoms with van der Waals surface area (Å²) in [5.41, 5.74) is 3.91. The zero-order valence-electron chi connectivity index (χ0n) is 16.7. The average Bonchev–Trinajstić information content (AvgIpc) is 3.39. The summed E-state index contributed by atoms with van der Waals surface area (Å²) in [7, 11) is 0. The van der Waals surface area contributed by atoms with E-state index in [9.17, 15) is 5.11 Å². The van der Waals surface area contributed by atoms with Crippen molar-refractivity contribution in [1.29, 1.82) is 0 Å². The quantitative estimate of drug-likeness (QED) is 0.465. The molecule has 1 aliphatic heterocycles. The third-order valence-corrected chi connectivity index (χ3v) is 5.77. The van der Waals surface area contributed by atoms with Crippen LogP contribution in [-0.2, 0) is 6.54 Å². The summed E-state index contributed by atoms with van der Waals surface area (Å²) < 4.78 is 2.20. The Morgan fingerprint density at radius 1 is 0.903 bits per heavy atom. The maximum atomic E-state index is 9.77. The van der Waals surface area contributed by atoms with E-state index < -0.39 is 0 Å². The van der Waals surface area contributed by atoms with E-state index in [4.69, 9.17) is 12.2 Å². The smallest absolute Gasteiger partial charge is 0.174 e. The fourth-order valence-corrected chi connectivity index (χ4v) is 4.40. The van der Waals surface area contributed by atoms with Gasteiger partial charge in [-0.15, -0.1) is 0 Å². The number of phenols is 1. The van der Waals surface area contributed by atoms with E-state index in [0.717, 1.165) is 22.8 Å². The molecule has 0 saturated carbocycles. The molecule has 2 atom stereocenters. The van der Waals surface area contributed by atoms with Crippen LogP contribution in [0.2, 0.25) is 0 Å². The molecule has 1 aliphatic rings. The summed E-state index contributed by atoms with van der Waals surface area (Å²) in [6.45, 7) is 0.658. The summed E-state index contributed by atoms with van der Waals surface area (Å²) in [5.74, 6) is 0.221. The second-order valence-electron chi connectivity index (χ2n) is 7.40. The first kappa shape index (κ1) is 19.3. The van der Waals surface area contributed by atoms with Crippen LogP contribution in [0.3, 0.4) is 0 Å². The highest BCUT2D eigenvalue weighted by Gasteiger charge is 2.42. The molecule has 3 aromatic heterocycles. The van der Waals surface area contributed by atoms with Crippen LogP contribution in [0.1, 0.15) is 29.2 Å². The highest BCUT2D eigenvalue weighted by Crippen LogP contribution is 2.41. The van der Waals surface area contributed by atoms with Gasteiger partial charge in [-0.2, -0.15) is 0 Å². The number of nitrogens with zero attached hydrogens (tertiary/aromatic N) is 4. The first-order valence-electron chi connectivity index (χ1n) is 10.1. The van der Waals surface area contributed by atoms with E-state index in [1.54, 1.807) is 18.3 Å². The van der Waals surface area contributed by atoms with Crippen molar-refractivity contribution in [2.24, 2.45) is 0 Å². The molecule has 0 aliphatic carbocycles. The van der Waals surface area contributed by atoms with Crippen molar-refractivity contribution >= 4 is 23.0 Å². The molecule has 1 fully saturated rings. The fraction of sp³-hybridized carbons (Fsp3) is 0.125. The minimum atomic E-state index is -0.125. The predicted octanol–water partition coefficient (Wildman–Crippen LogP) is 4.21. The van der Waals surface area contributed by atoms with Gasteiger partial charge in [-0.05, 0) is 72.9 Å². The number of hydrogen-bond donors (Lipinski definition) is 2. The Hall–Kier alpha value is -3.71. The molecule has 1 saturated heterocycles. The Morgan fingerprint density at radius 2 is 1.68 bits per heavy atom. The number of aromatic hydroxyl groups is 1. The molecular weight excluding hydrogens is 406 g/mol. The highest BCUT2D eigenvalue weighted by atomic mass is 32.1. The largest absolute Gasteiger partial charge is 0.508 e. The van der Waals surface area contributed by atoms with Gasteiger partial charge in [0.25, 0.3) is 0 Å². The molecule has 0 spiro atoms. The van der Waals surface area contributed by atoms with Gasteiger partial charge < -0.3 is 19.9 Å². The van der Waals surface area contributed by atoms with Gasteiger partial charge in [0, 0.05) is 30.0 Å². The normalized spacial score (nSPS) is 18.2. The van der Waals surface area contributed by atoms with Gasteiger partial charge in [0.2, 0.25) is 0 Å². The Labute approximate surface area is 185 Å². The van der Waals surface area contributed by atoms with Crippen molar-refractivity contribution in [1.82, 2.24) is 19.9 Å². The third kappa shape index (κ3) is 3.75. The first-order valence-corrected chi connectivity index (χ1v) is 10.5. The Balaban J connectivity index is 1.60. The monoisotopic (exact) mass is 427 g/mol. The molecule has 154 valence electrons. The van der Waals surface area contributed by atoms with Crippen molar-refractivity contribution in [3.63, 3.8) is 0 Å². The van der Waals surface area contributed by atoms with E-state index in [0.29, 0.717) is 11.7 Å². The SMILES string of the molecule is Oc1ccc(N2C(=S)N[C@@H](c3ccccn3)[C@@H]2c2cccn2Cc2ccccn2)cc1. The third-order valence-electron chi connectivity index (χ3n) is 5.45. The summed E-state index contributed by atoms with van der Waals surface area (Å²) in [6, 6.07) is 22.9. The van der Waals surface area contributed by atoms with Crippen molar-refractivity contribution < 1.29 is 5.11 Å². The number of benzene rings is 1. The number of anilines is 1. The number of phenolic OH excluding ortho intramolecular Hbond substituents is 1. The number of nitrogens with one attached hydrogen (secondary N) is 1. The fourth-order valence-electron chi connectivity index (χ4n) is 4.05. The molecule has 5 rings (SSSR count). The highest BCUT2D eigenvalue weighted by molar-refractivity contribution is 7.80. The lowest BCUT2D eigenvalue weighted by Crippen LogP contribution is -2.30. The van der Waals surface area contributed by atoms with Gasteiger partial charge in [0.1, 0.15) is 11.8 Å². The average molecular weight is 428 g/mol. The van der Waals surface area contributed by atoms with E-state index in [1.807, 2.05) is 60.8 Å². The molecule has 2 N–H and O–H groups in total. The Kier molecular flexibility index (Phi) is 5.09. The Morgan fingerprint density at radius 3 is 2.39 bits per heavy atom. The van der Waals surface area contributed by atoms with Crippen LogP contribution in [0.5, 0.6) is 5.75 Å². The number of pyridine rings is 2. The predicted molar refractivity (Wildman–Crippen MR) is 124 cm³/mol. The maximum Gasteiger partial charge on any atom is 0.174 e. The van der Waals surface area contributed by atoms with Crippen LogP contribution in [0.15, 0.2) is 91.4 Å². The van der Waals surface area contributed by atoms with Crippen LogP contribution in [0.25, 0.3) is 0 Å². The summed E-state index contributed by atoms with van der Waals surface area (Å²) in [4.78, 5) is 11.2. The standard InChI is InChI=1S/C24H21N5OS/c30-19-11-9-18(10-12-19)29-23(22(27-24(29)31)20-7-2-4-14-26-20)21-8-5-15-28(21)16-17-6-1-3-13-25-17/h1-15,22-23,30H,16H2,(H,27,31)/t22-,23-/m0/s1. The molecule has 6 nitrogen and oxygen atoms in total. The summed E-state index contributed by atoms with van der Waals surface area (Å²) in [6.07, 6.45) is 5.67. The molecule has 4 aromatic rings. The van der Waals surface area contributed by atoms with Crippen molar-refractivity contribution in [3.8, 4) is 5.75 Å². The van der Waals surface area contributed by atoms with Crippen LogP contribution >= 0.6 is 12.2 Å². The topological polar surface area (TPSA) is 66.2 Å². The second-order valence-corrected chi connectivity index (χ2v) is 7.78. The molecule has 4 heterocycles. The number of thiocarbonyl (C=S) groups is 1. The first-order chi connectivity index (χ1) is 15.2. The van der Waals surface area contributed by atoms with E-state index in [2.05, 4.69) is 37.0 Å². The van der Waals surface area contributed by atoms with Gasteiger partial charge in [0.15, 0.2) is 5.11 Å². The molecule has 1 aromatic carbocycles. The minimum absolute atomic E-state index is 0.120. The van der Waals surface area contributed by atoms with Crippen LogP contribution in [0.4, 0.5) is 5.69 Å². The van der Waals surface area contributed by atoms with E-state index in [-0.39, 0.29) is 17.8 Å². The second kappa shape index (κ2) is 8.20. The van der Waals surface area contributed by atoms with Crippen molar-refractivity contribution in [3.05, 3.63) is 108 Å². The summed E-state index contributed by atoms with van der Waals surface area (Å²) in [5, 5.41) is 13.9. The zero-order valence-corrected chi connectivity index (χ0v) is 17.5. The van der Waals surface area contributed by atoms with Crippen molar-refractivity contribution in [2.75, 3.05) is 4.90 Å². The van der Waals surface area contributed by atoms with Crippen LogP contribution in [0, 0.1) is 0 Å². The molecule has 0 bridgehead atoms. The van der Waals surface area contributed by atoms with Gasteiger partial charge >= 0.3 is 0 Å². The lowest BCUT2D eigenvalue weighted by molar-refractivity contribution is 0.475. The van der Waals surface area contributed by atoms with Crippen LogP contribution < -0.4 is 10.2 Å². The number of rotatable bonds is 5. The molecule has 0 radical (unpaired) electrons. The zero-order chi connectivity index (χ0) is 21.2. The lowest BCUT2D eigenvalue weighted by atomic mass is 10.0. The van der Waals surface area contributed by atoms with Crippen molar-refractivity contribution in [2.45, 2.75) is 18.6 Å². The minimum Gasteiger partial charge on any atom is -0.508 e. The van der Waals surface area contributed by atoms with Gasteiger partial charge in [0.05, 0.1) is 24.0 Å². The number of hydrogen-bond acceptors (Lipinski definition) is 4. The van der Waals surface area contributed by atoms with Gasteiger partial charge in [-0.25, -0.2) is 0 Å². The van der Waals surface area contributed by atoms with Crippen LogP contribution in [-0.4, -0.2) is 24.8 Å². The summed E-state index contributed by atoms with van der Waals surface area (Å²) >= 11 is 5.76. The lowest BCUT2D eigenvalue weighted by Gasteiger charge is -2.29. The van der Waals surface area contributed by atoms with E-state index in [1.165, 1.54) is 0 Å². The molecule has 31 heavy (non-hydrogen) atoms. The number of aromatic nitrogens is 3. The maximum absolute atomic E-state index is 9.77. The van der Waals surface area contributed by atoms with Gasteiger partial charge in [-0.3, -0.25) is 9.97 Å². The molecule has 0 unspecified atom stereocenters. The van der Waals surface area contributed by atoms with E-state index >= 15 is 0 Å². The molecule has 7 heteroatoms. The molecule has 0 amide bonds.